The van der Waals surface area contributed by atoms with E-state index in [4.69, 9.17) is 5.11 Å². The molecule has 0 aromatic rings. The third-order valence-corrected chi connectivity index (χ3v) is 0.671. The lowest BCUT2D eigenvalue weighted by atomic mass is 10.3. The largest absolute Gasteiger partial charge is 0.392 e. The average molecular weight is 112 g/mol. The first-order valence-electron chi connectivity index (χ1n) is 2.68. The van der Waals surface area contributed by atoms with Crippen LogP contribution in [0.5, 0.6) is 0 Å². The minimum absolute atomic E-state index is 0.129. The second-order valence-corrected chi connectivity index (χ2v) is 1.85. The van der Waals surface area contributed by atoms with Gasteiger partial charge in [0.25, 0.3) is 0 Å². The van der Waals surface area contributed by atoms with Gasteiger partial charge in [0.15, 0.2) is 0 Å². The Morgan fingerprint density at radius 1 is 1.50 bits per heavy atom. The quantitative estimate of drug-likeness (QED) is 0.537. The minimum Gasteiger partial charge on any atom is -0.392 e. The zero-order chi connectivity index (χ0) is 6.41. The SMILES string of the molecule is CC(C)=CC=CCO. The van der Waals surface area contributed by atoms with E-state index >= 15 is 0 Å². The standard InChI is InChI=1S/C7H12O/c1-7(2)5-3-4-6-8/h3-5,8H,6H2,1-2H3. The van der Waals surface area contributed by atoms with E-state index in [-0.39, 0.29) is 6.61 Å². The van der Waals surface area contributed by atoms with Gasteiger partial charge in [0.1, 0.15) is 0 Å². The molecule has 0 aliphatic heterocycles. The van der Waals surface area contributed by atoms with E-state index in [0.29, 0.717) is 0 Å². The van der Waals surface area contributed by atoms with Crippen LogP contribution in [-0.4, -0.2) is 11.7 Å². The molecule has 0 aromatic heterocycles. The Labute approximate surface area is 50.3 Å². The van der Waals surface area contributed by atoms with Crippen molar-refractivity contribution in [1.82, 2.24) is 0 Å². The molecule has 0 aliphatic carbocycles. The summed E-state index contributed by atoms with van der Waals surface area (Å²) in [5, 5.41) is 8.26. The average Bonchev–Trinajstić information content (AvgIpc) is 1.66. The van der Waals surface area contributed by atoms with Gasteiger partial charge in [0, 0.05) is 0 Å². The van der Waals surface area contributed by atoms with E-state index in [1.807, 2.05) is 26.0 Å². The maximum Gasteiger partial charge on any atom is 0.0615 e. The summed E-state index contributed by atoms with van der Waals surface area (Å²) in [4.78, 5) is 0. The summed E-state index contributed by atoms with van der Waals surface area (Å²) < 4.78 is 0. The Balaban J connectivity index is 3.42. The van der Waals surface area contributed by atoms with Gasteiger partial charge in [-0.1, -0.05) is 23.8 Å². The van der Waals surface area contributed by atoms with Crippen LogP contribution in [0, 0.1) is 0 Å². The monoisotopic (exact) mass is 112 g/mol. The normalized spacial score (nSPS) is 9.88. The molecule has 0 fully saturated rings. The fraction of sp³-hybridized carbons (Fsp3) is 0.429. The summed E-state index contributed by atoms with van der Waals surface area (Å²) in [7, 11) is 0. The van der Waals surface area contributed by atoms with Crippen LogP contribution < -0.4 is 0 Å². The highest BCUT2D eigenvalue weighted by Gasteiger charge is 1.68. The van der Waals surface area contributed by atoms with Crippen molar-refractivity contribution in [2.75, 3.05) is 6.61 Å². The van der Waals surface area contributed by atoms with E-state index in [1.54, 1.807) is 6.08 Å². The van der Waals surface area contributed by atoms with Crippen LogP contribution in [0.2, 0.25) is 0 Å². The first-order chi connectivity index (χ1) is 3.77. The Hall–Kier alpha value is -0.560. The summed E-state index contributed by atoms with van der Waals surface area (Å²) in [6, 6.07) is 0. The topological polar surface area (TPSA) is 20.2 Å². The van der Waals surface area contributed by atoms with Gasteiger partial charge in [0.05, 0.1) is 6.61 Å². The van der Waals surface area contributed by atoms with Gasteiger partial charge in [-0.3, -0.25) is 0 Å². The molecule has 0 amide bonds. The summed E-state index contributed by atoms with van der Waals surface area (Å²) in [6.07, 6.45) is 5.50. The lowest BCUT2D eigenvalue weighted by molar-refractivity contribution is 0.343. The van der Waals surface area contributed by atoms with Crippen molar-refractivity contribution >= 4 is 0 Å². The van der Waals surface area contributed by atoms with Crippen molar-refractivity contribution in [1.29, 1.82) is 0 Å². The lowest BCUT2D eigenvalue weighted by Gasteiger charge is -1.79. The van der Waals surface area contributed by atoms with E-state index in [2.05, 4.69) is 0 Å². The Kier molecular flexibility index (Phi) is 4.27. The van der Waals surface area contributed by atoms with Crippen LogP contribution in [0.25, 0.3) is 0 Å². The first kappa shape index (κ1) is 7.44. The van der Waals surface area contributed by atoms with E-state index in [0.717, 1.165) is 0 Å². The molecule has 0 unspecified atom stereocenters. The molecule has 0 aliphatic rings. The molecule has 0 heterocycles. The van der Waals surface area contributed by atoms with E-state index in [9.17, 15) is 0 Å². The maximum absolute atomic E-state index is 8.26. The molecular weight excluding hydrogens is 100 g/mol. The van der Waals surface area contributed by atoms with Gasteiger partial charge in [0.2, 0.25) is 0 Å². The van der Waals surface area contributed by atoms with Gasteiger partial charge in [-0.2, -0.15) is 0 Å². The molecule has 1 N–H and O–H groups in total. The number of allylic oxidation sites excluding steroid dienone is 3. The Morgan fingerprint density at radius 2 is 2.12 bits per heavy atom. The number of aliphatic hydroxyl groups is 1. The van der Waals surface area contributed by atoms with Crippen LogP contribution in [0.1, 0.15) is 13.8 Å². The smallest absolute Gasteiger partial charge is 0.0615 e. The molecule has 0 aromatic carbocycles. The predicted octanol–water partition coefficient (Wildman–Crippen LogP) is 1.50. The van der Waals surface area contributed by atoms with Gasteiger partial charge < -0.3 is 5.11 Å². The van der Waals surface area contributed by atoms with Gasteiger partial charge in [-0.25, -0.2) is 0 Å². The summed E-state index contributed by atoms with van der Waals surface area (Å²) in [5.41, 5.74) is 1.25. The number of rotatable bonds is 2. The molecule has 46 valence electrons. The third kappa shape index (κ3) is 5.44. The number of aliphatic hydroxyl groups excluding tert-OH is 1. The van der Waals surface area contributed by atoms with Crippen molar-refractivity contribution in [3.63, 3.8) is 0 Å². The van der Waals surface area contributed by atoms with Crippen molar-refractivity contribution < 1.29 is 5.11 Å². The van der Waals surface area contributed by atoms with Crippen molar-refractivity contribution in [3.8, 4) is 0 Å². The molecule has 0 saturated carbocycles. The Bertz CT molecular complexity index is 97.0. The highest BCUT2D eigenvalue weighted by Crippen LogP contribution is 1.87. The molecule has 1 heteroatoms. The van der Waals surface area contributed by atoms with Gasteiger partial charge in [-0.05, 0) is 13.8 Å². The zero-order valence-corrected chi connectivity index (χ0v) is 5.39. The third-order valence-electron chi connectivity index (χ3n) is 0.671. The maximum atomic E-state index is 8.26. The first-order valence-corrected chi connectivity index (χ1v) is 2.68. The highest BCUT2D eigenvalue weighted by atomic mass is 16.2. The molecule has 0 saturated heterocycles. The number of hydrogen-bond donors (Lipinski definition) is 1. The fourth-order valence-corrected chi connectivity index (χ4v) is 0.321. The van der Waals surface area contributed by atoms with E-state index in [1.165, 1.54) is 5.57 Å². The molecule has 8 heavy (non-hydrogen) atoms. The molecule has 0 radical (unpaired) electrons. The Morgan fingerprint density at radius 3 is 2.50 bits per heavy atom. The zero-order valence-electron chi connectivity index (χ0n) is 5.39. The van der Waals surface area contributed by atoms with Crippen molar-refractivity contribution in [3.05, 3.63) is 23.8 Å². The van der Waals surface area contributed by atoms with Crippen LogP contribution in [-0.2, 0) is 0 Å². The van der Waals surface area contributed by atoms with Gasteiger partial charge in [-0.15, -0.1) is 0 Å². The van der Waals surface area contributed by atoms with Crippen molar-refractivity contribution in [2.24, 2.45) is 0 Å². The molecule has 0 rings (SSSR count). The minimum atomic E-state index is 0.129. The summed E-state index contributed by atoms with van der Waals surface area (Å²) >= 11 is 0. The lowest BCUT2D eigenvalue weighted by Crippen LogP contribution is -1.68. The predicted molar refractivity (Wildman–Crippen MR) is 35.7 cm³/mol. The van der Waals surface area contributed by atoms with Crippen LogP contribution in [0.3, 0.4) is 0 Å². The molecule has 1 nitrogen and oxygen atoms in total. The van der Waals surface area contributed by atoms with Crippen LogP contribution >= 0.6 is 0 Å². The highest BCUT2D eigenvalue weighted by molar-refractivity contribution is 5.07. The molecule has 0 spiro atoms. The van der Waals surface area contributed by atoms with Crippen molar-refractivity contribution in [2.45, 2.75) is 13.8 Å². The number of hydrogen-bond acceptors (Lipinski definition) is 1. The van der Waals surface area contributed by atoms with Crippen LogP contribution in [0.15, 0.2) is 23.8 Å². The fourth-order valence-electron chi connectivity index (χ4n) is 0.321. The summed E-state index contributed by atoms with van der Waals surface area (Å²) in [5.74, 6) is 0. The second kappa shape index (κ2) is 4.60. The van der Waals surface area contributed by atoms with Gasteiger partial charge >= 0.3 is 0 Å². The van der Waals surface area contributed by atoms with E-state index < -0.39 is 0 Å². The molecule has 0 bridgehead atoms. The molecule has 0 atom stereocenters. The molecular formula is C7H12O. The second-order valence-electron chi connectivity index (χ2n) is 1.85. The summed E-state index contributed by atoms with van der Waals surface area (Å²) in [6.45, 7) is 4.16. The van der Waals surface area contributed by atoms with Crippen LogP contribution in [0.4, 0.5) is 0 Å².